The van der Waals surface area contributed by atoms with Crippen LogP contribution in [0.3, 0.4) is 0 Å². The smallest absolute Gasteiger partial charge is 0.252 e. The largest absolute Gasteiger partial charge is 0.323 e. The van der Waals surface area contributed by atoms with Gasteiger partial charge in [-0.05, 0) is 32.0 Å². The standard InChI is InChI=1S/C15H15N5O/c1-10(2)20-13(21)6-5-11-8-17-15(19-14(11)20)18-12-4-3-7-16-9-12/h3-10H,1-2H3,(H,17,18,19). The zero-order valence-electron chi connectivity index (χ0n) is 11.8. The van der Waals surface area contributed by atoms with Crippen molar-refractivity contribution in [3.8, 4) is 0 Å². The lowest BCUT2D eigenvalue weighted by Gasteiger charge is -2.13. The van der Waals surface area contributed by atoms with Crippen LogP contribution in [-0.2, 0) is 0 Å². The number of aromatic nitrogens is 4. The molecule has 0 aliphatic carbocycles. The van der Waals surface area contributed by atoms with Crippen molar-refractivity contribution in [2.75, 3.05) is 5.32 Å². The lowest BCUT2D eigenvalue weighted by Crippen LogP contribution is -2.22. The molecule has 0 fully saturated rings. The van der Waals surface area contributed by atoms with E-state index in [1.54, 1.807) is 35.3 Å². The van der Waals surface area contributed by atoms with Gasteiger partial charge in [-0.2, -0.15) is 4.98 Å². The van der Waals surface area contributed by atoms with Crippen molar-refractivity contribution in [1.82, 2.24) is 19.5 Å². The molecule has 0 unspecified atom stereocenters. The van der Waals surface area contributed by atoms with Gasteiger partial charge in [-0.25, -0.2) is 4.98 Å². The van der Waals surface area contributed by atoms with Crippen molar-refractivity contribution in [2.24, 2.45) is 0 Å². The van der Waals surface area contributed by atoms with E-state index in [9.17, 15) is 4.79 Å². The monoisotopic (exact) mass is 281 g/mol. The molecule has 0 atom stereocenters. The summed E-state index contributed by atoms with van der Waals surface area (Å²) in [6.07, 6.45) is 5.09. The summed E-state index contributed by atoms with van der Waals surface area (Å²) < 4.78 is 1.66. The highest BCUT2D eigenvalue weighted by atomic mass is 16.1. The molecule has 0 saturated heterocycles. The minimum absolute atomic E-state index is 0.0299. The molecule has 6 heteroatoms. The molecule has 0 aliphatic heterocycles. The van der Waals surface area contributed by atoms with Crippen LogP contribution in [-0.4, -0.2) is 19.5 Å². The van der Waals surface area contributed by atoms with E-state index in [1.165, 1.54) is 0 Å². The van der Waals surface area contributed by atoms with Gasteiger partial charge in [-0.15, -0.1) is 0 Å². The van der Waals surface area contributed by atoms with E-state index in [4.69, 9.17) is 0 Å². The van der Waals surface area contributed by atoms with Crippen LogP contribution in [0.5, 0.6) is 0 Å². The van der Waals surface area contributed by atoms with E-state index in [0.717, 1.165) is 11.1 Å². The second-order valence-corrected chi connectivity index (χ2v) is 4.97. The third-order valence-corrected chi connectivity index (χ3v) is 3.10. The first-order chi connectivity index (χ1) is 10.1. The Balaban J connectivity index is 2.10. The van der Waals surface area contributed by atoms with Gasteiger partial charge < -0.3 is 5.32 Å². The summed E-state index contributed by atoms with van der Waals surface area (Å²) in [5, 5.41) is 3.91. The Labute approximate surface area is 121 Å². The molecule has 3 aromatic rings. The lowest BCUT2D eigenvalue weighted by atomic mass is 10.3. The number of nitrogens with one attached hydrogen (secondary N) is 1. The van der Waals surface area contributed by atoms with E-state index in [0.29, 0.717) is 11.6 Å². The second kappa shape index (κ2) is 5.32. The molecule has 106 valence electrons. The summed E-state index contributed by atoms with van der Waals surface area (Å²) in [6.45, 7) is 3.91. The Morgan fingerprint density at radius 3 is 2.76 bits per heavy atom. The molecule has 0 aromatic carbocycles. The Hall–Kier alpha value is -2.76. The normalized spacial score (nSPS) is 11.0. The van der Waals surface area contributed by atoms with Crippen molar-refractivity contribution >= 4 is 22.7 Å². The first kappa shape index (κ1) is 13.2. The second-order valence-electron chi connectivity index (χ2n) is 4.97. The number of pyridine rings is 2. The topological polar surface area (TPSA) is 72.7 Å². The predicted molar refractivity (Wildman–Crippen MR) is 81.7 cm³/mol. The summed E-state index contributed by atoms with van der Waals surface area (Å²) in [4.78, 5) is 24.8. The number of anilines is 2. The van der Waals surface area contributed by atoms with Crippen molar-refractivity contribution in [1.29, 1.82) is 0 Å². The minimum Gasteiger partial charge on any atom is -0.323 e. The first-order valence-corrected chi connectivity index (χ1v) is 6.70. The number of rotatable bonds is 3. The molecule has 6 nitrogen and oxygen atoms in total. The molecule has 0 bridgehead atoms. The first-order valence-electron chi connectivity index (χ1n) is 6.70. The zero-order valence-corrected chi connectivity index (χ0v) is 11.8. The molecule has 0 radical (unpaired) electrons. The van der Waals surface area contributed by atoms with Crippen molar-refractivity contribution < 1.29 is 0 Å². The van der Waals surface area contributed by atoms with Crippen molar-refractivity contribution in [3.05, 3.63) is 53.2 Å². The van der Waals surface area contributed by atoms with Gasteiger partial charge in [0.05, 0.1) is 11.9 Å². The van der Waals surface area contributed by atoms with Gasteiger partial charge in [-0.1, -0.05) is 0 Å². The Morgan fingerprint density at radius 2 is 2.05 bits per heavy atom. The third-order valence-electron chi connectivity index (χ3n) is 3.10. The summed E-state index contributed by atoms with van der Waals surface area (Å²) >= 11 is 0. The predicted octanol–water partition coefficient (Wildman–Crippen LogP) is 2.51. The molecule has 0 aliphatic rings. The van der Waals surface area contributed by atoms with Gasteiger partial charge in [0.2, 0.25) is 5.95 Å². The van der Waals surface area contributed by atoms with Gasteiger partial charge in [0.15, 0.2) is 0 Å². The maximum absolute atomic E-state index is 12.0. The molecule has 3 rings (SSSR count). The van der Waals surface area contributed by atoms with Gasteiger partial charge in [0, 0.05) is 29.9 Å². The Kier molecular flexibility index (Phi) is 3.35. The molecule has 0 saturated carbocycles. The Bertz CT molecular complexity index is 826. The van der Waals surface area contributed by atoms with Gasteiger partial charge >= 0.3 is 0 Å². The lowest BCUT2D eigenvalue weighted by molar-refractivity contribution is 0.595. The molecular formula is C15H15N5O. The number of nitrogens with zero attached hydrogens (tertiary/aromatic N) is 4. The summed E-state index contributed by atoms with van der Waals surface area (Å²) in [5.74, 6) is 0.440. The van der Waals surface area contributed by atoms with E-state index < -0.39 is 0 Å². The van der Waals surface area contributed by atoms with Gasteiger partial charge in [0.25, 0.3) is 5.56 Å². The molecule has 21 heavy (non-hydrogen) atoms. The maximum Gasteiger partial charge on any atom is 0.252 e. The quantitative estimate of drug-likeness (QED) is 0.798. The Morgan fingerprint density at radius 1 is 1.19 bits per heavy atom. The summed E-state index contributed by atoms with van der Waals surface area (Å²) in [7, 11) is 0. The van der Waals surface area contributed by atoms with Crippen LogP contribution in [0.25, 0.3) is 11.0 Å². The molecule has 3 heterocycles. The van der Waals surface area contributed by atoms with Crippen LogP contribution in [0, 0.1) is 0 Å². The fourth-order valence-corrected chi connectivity index (χ4v) is 2.16. The van der Waals surface area contributed by atoms with Gasteiger partial charge in [0.1, 0.15) is 5.65 Å². The fraction of sp³-hybridized carbons (Fsp3) is 0.200. The van der Waals surface area contributed by atoms with Crippen LogP contribution in [0.4, 0.5) is 11.6 Å². The average Bonchev–Trinajstić information content (AvgIpc) is 2.47. The highest BCUT2D eigenvalue weighted by molar-refractivity contribution is 5.75. The third kappa shape index (κ3) is 2.60. The minimum atomic E-state index is -0.0662. The van der Waals surface area contributed by atoms with E-state index >= 15 is 0 Å². The molecule has 0 spiro atoms. The van der Waals surface area contributed by atoms with Crippen LogP contribution >= 0.6 is 0 Å². The molecular weight excluding hydrogens is 266 g/mol. The van der Waals surface area contributed by atoms with Gasteiger partial charge in [-0.3, -0.25) is 14.3 Å². The van der Waals surface area contributed by atoms with E-state index in [1.807, 2.05) is 26.0 Å². The SMILES string of the molecule is CC(C)n1c(=O)ccc2cnc(Nc3cccnc3)nc21. The summed E-state index contributed by atoms with van der Waals surface area (Å²) in [5.41, 5.74) is 1.36. The van der Waals surface area contributed by atoms with Crippen LogP contribution in [0.2, 0.25) is 0 Å². The van der Waals surface area contributed by atoms with Crippen molar-refractivity contribution in [3.63, 3.8) is 0 Å². The maximum atomic E-state index is 12.0. The van der Waals surface area contributed by atoms with Crippen LogP contribution in [0.1, 0.15) is 19.9 Å². The molecule has 3 aromatic heterocycles. The van der Waals surface area contributed by atoms with Crippen molar-refractivity contribution in [2.45, 2.75) is 19.9 Å². The highest BCUT2D eigenvalue weighted by Crippen LogP contribution is 2.16. The zero-order chi connectivity index (χ0) is 14.8. The fourth-order valence-electron chi connectivity index (χ4n) is 2.16. The van der Waals surface area contributed by atoms with E-state index in [-0.39, 0.29) is 11.6 Å². The number of fused-ring (bicyclic) bond motifs is 1. The van der Waals surface area contributed by atoms with E-state index in [2.05, 4.69) is 20.3 Å². The molecule has 1 N–H and O–H groups in total. The molecule has 0 amide bonds. The van der Waals surface area contributed by atoms with Crippen LogP contribution in [0.15, 0.2) is 47.7 Å². The number of hydrogen-bond donors (Lipinski definition) is 1. The highest BCUT2D eigenvalue weighted by Gasteiger charge is 2.09. The number of hydrogen-bond acceptors (Lipinski definition) is 5. The average molecular weight is 281 g/mol. The summed E-state index contributed by atoms with van der Waals surface area (Å²) in [6, 6.07) is 7.01. The van der Waals surface area contributed by atoms with Crippen LogP contribution < -0.4 is 10.9 Å².